The minimum atomic E-state index is 0.424. The van der Waals surface area contributed by atoms with Crippen molar-refractivity contribution in [1.29, 1.82) is 0 Å². The molecular formula is C19H24N2. The molecule has 1 aromatic heterocycles. The molecule has 0 saturated carbocycles. The number of nitrogens with zero attached hydrogens (tertiary/aromatic N) is 1. The van der Waals surface area contributed by atoms with Crippen molar-refractivity contribution in [2.75, 3.05) is 6.54 Å². The number of aryl methyl sites for hydroxylation is 1. The van der Waals surface area contributed by atoms with Gasteiger partial charge in [0.15, 0.2) is 0 Å². The first-order valence-corrected chi connectivity index (χ1v) is 8.06. The SMILES string of the molecule is CCCNC(C)c1ccc(C2CCc3cccnc32)cc1. The van der Waals surface area contributed by atoms with Crippen LogP contribution in [0.25, 0.3) is 0 Å². The van der Waals surface area contributed by atoms with Gasteiger partial charge in [0.2, 0.25) is 0 Å². The number of nitrogens with one attached hydrogen (secondary N) is 1. The molecule has 0 aliphatic heterocycles. The number of fused-ring (bicyclic) bond motifs is 1. The van der Waals surface area contributed by atoms with E-state index in [1.807, 2.05) is 12.3 Å². The van der Waals surface area contributed by atoms with Gasteiger partial charge in [-0.1, -0.05) is 37.3 Å². The van der Waals surface area contributed by atoms with Crippen LogP contribution in [-0.4, -0.2) is 11.5 Å². The average Bonchev–Trinajstić information content (AvgIpc) is 2.97. The van der Waals surface area contributed by atoms with Gasteiger partial charge in [-0.3, -0.25) is 4.98 Å². The summed E-state index contributed by atoms with van der Waals surface area (Å²) in [7, 11) is 0. The summed E-state index contributed by atoms with van der Waals surface area (Å²) < 4.78 is 0. The summed E-state index contributed by atoms with van der Waals surface area (Å²) in [4.78, 5) is 4.60. The summed E-state index contributed by atoms with van der Waals surface area (Å²) in [5.74, 6) is 0.481. The van der Waals surface area contributed by atoms with Crippen LogP contribution < -0.4 is 5.32 Å². The van der Waals surface area contributed by atoms with Gasteiger partial charge in [-0.15, -0.1) is 0 Å². The Bertz CT molecular complexity index is 589. The van der Waals surface area contributed by atoms with Crippen LogP contribution in [0.5, 0.6) is 0 Å². The maximum absolute atomic E-state index is 4.60. The van der Waals surface area contributed by atoms with Crippen LogP contribution >= 0.6 is 0 Å². The smallest absolute Gasteiger partial charge is 0.0510 e. The Morgan fingerprint density at radius 2 is 2.05 bits per heavy atom. The molecule has 0 amide bonds. The topological polar surface area (TPSA) is 24.9 Å². The second kappa shape index (κ2) is 6.40. The van der Waals surface area contributed by atoms with Gasteiger partial charge in [0.1, 0.15) is 0 Å². The Labute approximate surface area is 127 Å². The fraction of sp³-hybridized carbons (Fsp3) is 0.421. The molecule has 2 nitrogen and oxygen atoms in total. The third-order valence-corrected chi connectivity index (χ3v) is 4.50. The first kappa shape index (κ1) is 14.3. The Morgan fingerprint density at radius 1 is 1.24 bits per heavy atom. The molecule has 1 aliphatic carbocycles. The highest BCUT2D eigenvalue weighted by atomic mass is 14.9. The molecule has 2 heteroatoms. The molecule has 0 bridgehead atoms. The molecular weight excluding hydrogens is 256 g/mol. The van der Waals surface area contributed by atoms with E-state index in [1.54, 1.807) is 0 Å². The van der Waals surface area contributed by atoms with E-state index < -0.39 is 0 Å². The molecule has 2 atom stereocenters. The van der Waals surface area contributed by atoms with Gasteiger partial charge in [0, 0.05) is 18.2 Å². The Balaban J connectivity index is 1.76. The van der Waals surface area contributed by atoms with Crippen LogP contribution in [0.1, 0.15) is 61.0 Å². The van der Waals surface area contributed by atoms with Gasteiger partial charge in [0.25, 0.3) is 0 Å². The minimum absolute atomic E-state index is 0.424. The Kier molecular flexibility index (Phi) is 4.35. The second-order valence-electron chi connectivity index (χ2n) is 5.98. The molecule has 0 saturated heterocycles. The van der Waals surface area contributed by atoms with E-state index in [1.165, 1.54) is 35.2 Å². The lowest BCUT2D eigenvalue weighted by Crippen LogP contribution is -2.19. The molecule has 1 aromatic carbocycles. The normalized spacial score (nSPS) is 18.5. The van der Waals surface area contributed by atoms with Crippen LogP contribution in [0.15, 0.2) is 42.6 Å². The summed E-state index contributed by atoms with van der Waals surface area (Å²) in [6, 6.07) is 13.8. The van der Waals surface area contributed by atoms with Crippen molar-refractivity contribution in [3.8, 4) is 0 Å². The molecule has 0 spiro atoms. The van der Waals surface area contributed by atoms with Crippen molar-refractivity contribution in [3.05, 3.63) is 65.0 Å². The summed E-state index contributed by atoms with van der Waals surface area (Å²) in [6.07, 6.45) is 5.44. The number of hydrogen-bond acceptors (Lipinski definition) is 2. The third kappa shape index (κ3) is 3.01. The molecule has 3 rings (SSSR count). The molecule has 21 heavy (non-hydrogen) atoms. The molecule has 110 valence electrons. The van der Waals surface area contributed by atoms with Crippen LogP contribution in [0.3, 0.4) is 0 Å². The Morgan fingerprint density at radius 3 is 2.81 bits per heavy atom. The van der Waals surface area contributed by atoms with E-state index >= 15 is 0 Å². The fourth-order valence-corrected chi connectivity index (χ4v) is 3.23. The summed E-state index contributed by atoms with van der Waals surface area (Å²) in [5.41, 5.74) is 5.47. The number of pyridine rings is 1. The van der Waals surface area contributed by atoms with Crippen LogP contribution in [0, 0.1) is 0 Å². The van der Waals surface area contributed by atoms with Gasteiger partial charge in [-0.25, -0.2) is 0 Å². The number of hydrogen-bond donors (Lipinski definition) is 1. The van der Waals surface area contributed by atoms with Gasteiger partial charge in [-0.05, 0) is 55.5 Å². The third-order valence-electron chi connectivity index (χ3n) is 4.50. The van der Waals surface area contributed by atoms with E-state index in [-0.39, 0.29) is 0 Å². The summed E-state index contributed by atoms with van der Waals surface area (Å²) in [5, 5.41) is 3.54. The van der Waals surface area contributed by atoms with Crippen molar-refractivity contribution >= 4 is 0 Å². The van der Waals surface area contributed by atoms with Crippen molar-refractivity contribution in [3.63, 3.8) is 0 Å². The number of aromatic nitrogens is 1. The lowest BCUT2D eigenvalue weighted by molar-refractivity contribution is 0.570. The van der Waals surface area contributed by atoms with Crippen LogP contribution in [-0.2, 0) is 6.42 Å². The predicted molar refractivity (Wildman–Crippen MR) is 87.6 cm³/mol. The lowest BCUT2D eigenvalue weighted by Gasteiger charge is -2.16. The van der Waals surface area contributed by atoms with E-state index in [2.05, 4.69) is 54.5 Å². The zero-order chi connectivity index (χ0) is 14.7. The lowest BCUT2D eigenvalue weighted by atomic mass is 9.94. The van der Waals surface area contributed by atoms with Crippen LogP contribution in [0.2, 0.25) is 0 Å². The standard InChI is InChI=1S/C19H24N2/c1-3-12-20-14(2)15-6-8-16(9-7-15)18-11-10-17-5-4-13-21-19(17)18/h4-9,13-14,18,20H,3,10-12H2,1-2H3. The fourth-order valence-electron chi connectivity index (χ4n) is 3.23. The second-order valence-corrected chi connectivity index (χ2v) is 5.98. The zero-order valence-electron chi connectivity index (χ0n) is 13.0. The minimum Gasteiger partial charge on any atom is -0.310 e. The highest BCUT2D eigenvalue weighted by Crippen LogP contribution is 2.36. The monoisotopic (exact) mass is 280 g/mol. The molecule has 1 aliphatic rings. The van der Waals surface area contributed by atoms with Gasteiger partial charge in [0.05, 0.1) is 5.69 Å². The van der Waals surface area contributed by atoms with Crippen LogP contribution in [0.4, 0.5) is 0 Å². The largest absolute Gasteiger partial charge is 0.310 e. The predicted octanol–water partition coefficient (Wildman–Crippen LogP) is 4.22. The molecule has 2 unspecified atom stereocenters. The summed E-state index contributed by atoms with van der Waals surface area (Å²) in [6.45, 7) is 5.51. The van der Waals surface area contributed by atoms with E-state index in [9.17, 15) is 0 Å². The zero-order valence-corrected chi connectivity index (χ0v) is 13.0. The van der Waals surface area contributed by atoms with Crippen molar-refractivity contribution in [2.24, 2.45) is 0 Å². The van der Waals surface area contributed by atoms with E-state index in [0.717, 1.165) is 13.0 Å². The first-order valence-electron chi connectivity index (χ1n) is 8.06. The molecule has 0 fully saturated rings. The maximum atomic E-state index is 4.60. The van der Waals surface area contributed by atoms with Gasteiger partial charge in [-0.2, -0.15) is 0 Å². The molecule has 1 N–H and O–H groups in total. The highest BCUT2D eigenvalue weighted by Gasteiger charge is 2.24. The van der Waals surface area contributed by atoms with Gasteiger partial charge < -0.3 is 5.32 Å². The van der Waals surface area contributed by atoms with E-state index in [4.69, 9.17) is 0 Å². The van der Waals surface area contributed by atoms with E-state index in [0.29, 0.717) is 12.0 Å². The van der Waals surface area contributed by atoms with Crippen molar-refractivity contribution in [2.45, 2.75) is 45.1 Å². The molecule has 2 aromatic rings. The first-order chi connectivity index (χ1) is 10.3. The molecule has 0 radical (unpaired) electrons. The van der Waals surface area contributed by atoms with Crippen molar-refractivity contribution in [1.82, 2.24) is 10.3 Å². The Hall–Kier alpha value is -1.67. The average molecular weight is 280 g/mol. The van der Waals surface area contributed by atoms with Gasteiger partial charge >= 0.3 is 0 Å². The summed E-state index contributed by atoms with van der Waals surface area (Å²) >= 11 is 0. The maximum Gasteiger partial charge on any atom is 0.0510 e. The number of rotatable bonds is 5. The highest BCUT2D eigenvalue weighted by molar-refractivity contribution is 5.39. The quantitative estimate of drug-likeness (QED) is 0.887. The number of benzene rings is 1. The van der Waals surface area contributed by atoms with Crippen molar-refractivity contribution < 1.29 is 0 Å². The molecule has 1 heterocycles.